The van der Waals surface area contributed by atoms with Crippen molar-refractivity contribution in [1.82, 2.24) is 0 Å². The van der Waals surface area contributed by atoms with Crippen LogP contribution in [0.1, 0.15) is 96.3 Å². The first-order valence-electron chi connectivity index (χ1n) is 10.2. The van der Waals surface area contributed by atoms with Crippen LogP contribution < -0.4 is 17.2 Å². The monoisotopic (exact) mass is 395 g/mol. The van der Waals surface area contributed by atoms with Crippen LogP contribution in [0.2, 0.25) is 0 Å². The molecule has 0 saturated heterocycles. The van der Waals surface area contributed by atoms with E-state index in [4.69, 9.17) is 36.4 Å². The smallest absolute Gasteiger partial charge is 0.328 e. The fraction of sp³-hybridized carbons (Fsp3) is 1.00. The van der Waals surface area contributed by atoms with Gasteiger partial charge >= 0.3 is 7.82 Å². The highest BCUT2D eigenvalue weighted by Gasteiger charge is 2.07. The lowest BCUT2D eigenvalue weighted by Crippen LogP contribution is -2.22. The van der Waals surface area contributed by atoms with E-state index in [1.165, 1.54) is 96.3 Å². The largest absolute Gasteiger partial charge is 0.466 e. The third kappa shape index (κ3) is 22.0. The van der Waals surface area contributed by atoms with Crippen molar-refractivity contribution in [2.24, 2.45) is 17.2 Å². The Bertz CT molecular complexity index is 304. The summed E-state index contributed by atoms with van der Waals surface area (Å²) in [6, 6.07) is 1.61. The minimum absolute atomic E-state index is 0.536. The van der Waals surface area contributed by atoms with Gasteiger partial charge in [0.1, 0.15) is 0 Å². The number of rotatable bonds is 0. The molecule has 7 nitrogen and oxygen atoms in total. The molecule has 0 aromatic carbocycles. The van der Waals surface area contributed by atoms with Gasteiger partial charge in [0.05, 0.1) is 0 Å². The average molecular weight is 396 g/mol. The van der Waals surface area contributed by atoms with Gasteiger partial charge in [-0.15, -0.1) is 0 Å². The van der Waals surface area contributed by atoms with E-state index < -0.39 is 7.82 Å². The third-order valence-corrected chi connectivity index (χ3v) is 4.95. The molecule has 0 aromatic heterocycles. The predicted molar refractivity (Wildman–Crippen MR) is 107 cm³/mol. The molecule has 0 heterocycles. The zero-order valence-electron chi connectivity index (χ0n) is 16.3. The van der Waals surface area contributed by atoms with E-state index in [0.29, 0.717) is 18.1 Å². The van der Waals surface area contributed by atoms with Crippen molar-refractivity contribution < 1.29 is 19.2 Å². The first kappa shape index (κ1) is 26.0. The second-order valence-corrected chi connectivity index (χ2v) is 8.73. The topological polar surface area (TPSA) is 156 Å². The Morgan fingerprint density at radius 1 is 0.500 bits per heavy atom. The van der Waals surface area contributed by atoms with Crippen LogP contribution >= 0.6 is 7.82 Å². The Morgan fingerprint density at radius 3 is 0.731 bits per heavy atom. The quantitative estimate of drug-likeness (QED) is 0.344. The lowest BCUT2D eigenvalue weighted by atomic mass is 9.97. The maximum absolute atomic E-state index is 8.88. The number of phosphoric acid groups is 1. The minimum atomic E-state index is -4.64. The molecular weight excluding hydrogens is 353 g/mol. The molecule has 3 aliphatic carbocycles. The maximum atomic E-state index is 8.88. The lowest BCUT2D eigenvalue weighted by Gasteiger charge is -2.15. The standard InChI is InChI=1S/3C6H13N.H3O4P/c3*7-6-4-2-1-3-5-6;1-5(2,3)4/h3*6H,1-5,7H2;(H3,1,2,3,4). The molecule has 3 rings (SSSR count). The highest BCUT2D eigenvalue weighted by Crippen LogP contribution is 2.25. The fourth-order valence-electron chi connectivity index (χ4n) is 3.40. The molecule has 3 aliphatic rings. The maximum Gasteiger partial charge on any atom is 0.466 e. The first-order chi connectivity index (χ1) is 12.2. The van der Waals surface area contributed by atoms with Crippen LogP contribution in [0.4, 0.5) is 0 Å². The molecule has 0 aliphatic heterocycles. The molecule has 3 saturated carbocycles. The third-order valence-electron chi connectivity index (χ3n) is 4.95. The van der Waals surface area contributed by atoms with E-state index in [9.17, 15) is 0 Å². The summed E-state index contributed by atoms with van der Waals surface area (Å²) in [5.74, 6) is 0. The average Bonchev–Trinajstić information content (AvgIpc) is 2.57. The van der Waals surface area contributed by atoms with Crippen LogP contribution in [-0.4, -0.2) is 32.8 Å². The summed E-state index contributed by atoms with van der Waals surface area (Å²) in [5.41, 5.74) is 16.9. The summed E-state index contributed by atoms with van der Waals surface area (Å²) in [6.07, 6.45) is 20.0. The van der Waals surface area contributed by atoms with Crippen LogP contribution in [0.5, 0.6) is 0 Å². The summed E-state index contributed by atoms with van der Waals surface area (Å²) < 4.78 is 8.88. The van der Waals surface area contributed by atoms with Gasteiger partial charge in [-0.25, -0.2) is 4.57 Å². The molecule has 0 spiro atoms. The Balaban J connectivity index is 0.000000324. The predicted octanol–water partition coefficient (Wildman–Crippen LogP) is 2.90. The van der Waals surface area contributed by atoms with Crippen molar-refractivity contribution in [3.63, 3.8) is 0 Å². The van der Waals surface area contributed by atoms with Gasteiger partial charge in [0.25, 0.3) is 0 Å². The van der Waals surface area contributed by atoms with Crippen LogP contribution in [0.15, 0.2) is 0 Å². The minimum Gasteiger partial charge on any atom is -0.328 e. The van der Waals surface area contributed by atoms with Gasteiger partial charge in [-0.1, -0.05) is 57.8 Å². The summed E-state index contributed by atoms with van der Waals surface area (Å²) in [7, 11) is -4.64. The van der Waals surface area contributed by atoms with E-state index in [0.717, 1.165) is 0 Å². The van der Waals surface area contributed by atoms with Gasteiger partial charge in [-0.3, -0.25) is 0 Å². The van der Waals surface area contributed by atoms with Crippen molar-refractivity contribution in [2.45, 2.75) is 114 Å². The molecular formula is C18H42N3O4P. The molecule has 9 N–H and O–H groups in total. The molecule has 0 amide bonds. The van der Waals surface area contributed by atoms with Gasteiger partial charge in [0.15, 0.2) is 0 Å². The van der Waals surface area contributed by atoms with Crippen molar-refractivity contribution in [3.05, 3.63) is 0 Å². The fourth-order valence-corrected chi connectivity index (χ4v) is 3.40. The molecule has 0 unspecified atom stereocenters. The lowest BCUT2D eigenvalue weighted by molar-refractivity contribution is 0.275. The van der Waals surface area contributed by atoms with Gasteiger partial charge in [0, 0.05) is 18.1 Å². The van der Waals surface area contributed by atoms with E-state index in [-0.39, 0.29) is 0 Å². The molecule has 0 aromatic rings. The van der Waals surface area contributed by atoms with E-state index in [1.54, 1.807) is 0 Å². The van der Waals surface area contributed by atoms with E-state index in [2.05, 4.69) is 0 Å². The number of hydrogen-bond donors (Lipinski definition) is 6. The van der Waals surface area contributed by atoms with E-state index >= 15 is 0 Å². The molecule has 0 bridgehead atoms. The first-order valence-corrected chi connectivity index (χ1v) is 11.8. The molecule has 3 fully saturated rings. The zero-order valence-corrected chi connectivity index (χ0v) is 17.2. The number of hydrogen-bond acceptors (Lipinski definition) is 4. The van der Waals surface area contributed by atoms with Gasteiger partial charge in [-0.05, 0) is 38.5 Å². The van der Waals surface area contributed by atoms with Crippen LogP contribution in [0.3, 0.4) is 0 Å². The highest BCUT2D eigenvalue weighted by atomic mass is 31.2. The van der Waals surface area contributed by atoms with Crippen molar-refractivity contribution >= 4 is 7.82 Å². The van der Waals surface area contributed by atoms with Crippen molar-refractivity contribution in [2.75, 3.05) is 0 Å². The van der Waals surface area contributed by atoms with Crippen LogP contribution in [-0.2, 0) is 4.57 Å². The van der Waals surface area contributed by atoms with Gasteiger partial charge < -0.3 is 31.9 Å². The van der Waals surface area contributed by atoms with Crippen molar-refractivity contribution in [3.8, 4) is 0 Å². The van der Waals surface area contributed by atoms with Crippen LogP contribution in [0.25, 0.3) is 0 Å². The molecule has 158 valence electrons. The zero-order chi connectivity index (χ0) is 19.8. The van der Waals surface area contributed by atoms with Crippen molar-refractivity contribution in [1.29, 1.82) is 0 Å². The Morgan fingerprint density at radius 2 is 0.654 bits per heavy atom. The summed E-state index contributed by atoms with van der Waals surface area (Å²) >= 11 is 0. The second-order valence-electron chi connectivity index (χ2n) is 7.71. The summed E-state index contributed by atoms with van der Waals surface area (Å²) in [4.78, 5) is 21.6. The summed E-state index contributed by atoms with van der Waals surface area (Å²) in [5, 5.41) is 0. The highest BCUT2D eigenvalue weighted by molar-refractivity contribution is 7.45. The van der Waals surface area contributed by atoms with Gasteiger partial charge in [0.2, 0.25) is 0 Å². The normalized spacial score (nSPS) is 22.7. The summed E-state index contributed by atoms with van der Waals surface area (Å²) in [6.45, 7) is 0. The van der Waals surface area contributed by atoms with Crippen LogP contribution in [0, 0.1) is 0 Å². The number of nitrogens with two attached hydrogens (primary N) is 3. The second kappa shape index (κ2) is 16.0. The Kier molecular flexibility index (Phi) is 16.0. The molecule has 0 radical (unpaired) electrons. The molecule has 26 heavy (non-hydrogen) atoms. The SMILES string of the molecule is NC1CCCCC1.NC1CCCCC1.NC1CCCCC1.O=P(O)(O)O. The Labute approximate surface area is 159 Å². The Hall–Kier alpha value is -0.0100. The molecule has 0 atom stereocenters. The molecule has 8 heteroatoms. The van der Waals surface area contributed by atoms with Gasteiger partial charge in [-0.2, -0.15) is 0 Å². The van der Waals surface area contributed by atoms with E-state index in [1.807, 2.05) is 0 Å².